The molecule has 0 radical (unpaired) electrons. The number of methoxy groups -OCH3 is 1. The lowest BCUT2D eigenvalue weighted by atomic mass is 9.97. The molecule has 1 aliphatic rings. The molecule has 2 aromatic carbocycles. The first-order valence-corrected chi connectivity index (χ1v) is 11.6. The van der Waals surface area contributed by atoms with E-state index in [0.717, 1.165) is 49.1 Å². The van der Waals surface area contributed by atoms with Crippen molar-refractivity contribution in [1.29, 1.82) is 0 Å². The summed E-state index contributed by atoms with van der Waals surface area (Å²) >= 11 is 0. The number of aromatic nitrogens is 2. The number of carbonyl (C=O) groups is 1. The Hall–Kier alpha value is -3.19. The molecule has 7 nitrogen and oxygen atoms in total. The van der Waals surface area contributed by atoms with E-state index in [0.29, 0.717) is 31.3 Å². The maximum absolute atomic E-state index is 12.7. The molecule has 0 aliphatic carbocycles. The fourth-order valence-electron chi connectivity index (χ4n) is 4.30. The minimum absolute atomic E-state index is 0.00488. The molecule has 0 bridgehead atoms. The van der Waals surface area contributed by atoms with Gasteiger partial charge in [-0.2, -0.15) is 4.98 Å². The summed E-state index contributed by atoms with van der Waals surface area (Å²) in [5.41, 5.74) is 3.33. The molecule has 4 rings (SSSR count). The molecule has 174 valence electrons. The standard InChI is InChI=1S/C26H32N4O3/c1-19-7-3-10-21(15-19)25-28-24(33-29-25)18-30-14-6-11-22(17-30)26(31)27-13-5-9-20-8-4-12-23(16-20)32-2/h3-4,7-8,10,12,15-16,22H,5-6,9,11,13-14,17-18H2,1-2H3,(H,27,31). The van der Waals surface area contributed by atoms with E-state index in [1.165, 1.54) is 5.56 Å². The minimum Gasteiger partial charge on any atom is -0.497 e. The predicted molar refractivity (Wildman–Crippen MR) is 127 cm³/mol. The van der Waals surface area contributed by atoms with Gasteiger partial charge < -0.3 is 14.6 Å². The quantitative estimate of drug-likeness (QED) is 0.498. The number of likely N-dealkylation sites (tertiary alicyclic amines) is 1. The van der Waals surface area contributed by atoms with Crippen molar-refractivity contribution in [2.45, 2.75) is 39.2 Å². The van der Waals surface area contributed by atoms with Crippen LogP contribution in [-0.4, -0.2) is 47.7 Å². The number of piperidine rings is 1. The normalized spacial score (nSPS) is 16.5. The Morgan fingerprint density at radius 3 is 2.97 bits per heavy atom. The van der Waals surface area contributed by atoms with Crippen molar-refractivity contribution < 1.29 is 14.1 Å². The summed E-state index contributed by atoms with van der Waals surface area (Å²) in [5.74, 6) is 2.19. The van der Waals surface area contributed by atoms with Gasteiger partial charge in [0.05, 0.1) is 19.6 Å². The molecule has 33 heavy (non-hydrogen) atoms. The first kappa shape index (κ1) is 23.0. The number of aryl methyl sites for hydroxylation is 2. The summed E-state index contributed by atoms with van der Waals surface area (Å²) in [5, 5.41) is 7.25. The summed E-state index contributed by atoms with van der Waals surface area (Å²) in [7, 11) is 1.67. The van der Waals surface area contributed by atoms with Gasteiger partial charge in [-0.3, -0.25) is 9.69 Å². The van der Waals surface area contributed by atoms with Crippen molar-refractivity contribution in [2.24, 2.45) is 5.92 Å². The summed E-state index contributed by atoms with van der Waals surface area (Å²) in [6.45, 7) is 4.93. The smallest absolute Gasteiger partial charge is 0.241 e. The van der Waals surface area contributed by atoms with Crippen LogP contribution >= 0.6 is 0 Å². The lowest BCUT2D eigenvalue weighted by Gasteiger charge is -2.30. The van der Waals surface area contributed by atoms with Crippen LogP contribution in [0.2, 0.25) is 0 Å². The van der Waals surface area contributed by atoms with Gasteiger partial charge in [0.2, 0.25) is 17.6 Å². The van der Waals surface area contributed by atoms with Gasteiger partial charge in [0.25, 0.3) is 0 Å². The highest BCUT2D eigenvalue weighted by atomic mass is 16.5. The number of carbonyl (C=O) groups excluding carboxylic acids is 1. The van der Waals surface area contributed by atoms with Crippen LogP contribution in [0.3, 0.4) is 0 Å². The molecule has 1 unspecified atom stereocenters. The summed E-state index contributed by atoms with van der Waals surface area (Å²) in [4.78, 5) is 19.5. The molecule has 1 aromatic heterocycles. The van der Waals surface area contributed by atoms with E-state index in [-0.39, 0.29) is 11.8 Å². The Morgan fingerprint density at radius 1 is 1.24 bits per heavy atom. The van der Waals surface area contributed by atoms with E-state index in [1.807, 2.05) is 49.4 Å². The highest BCUT2D eigenvalue weighted by molar-refractivity contribution is 5.78. The van der Waals surface area contributed by atoms with E-state index >= 15 is 0 Å². The highest BCUT2D eigenvalue weighted by Gasteiger charge is 2.26. The van der Waals surface area contributed by atoms with Gasteiger partial charge >= 0.3 is 0 Å². The van der Waals surface area contributed by atoms with Gasteiger partial charge in [0.15, 0.2) is 0 Å². The number of rotatable bonds is 9. The van der Waals surface area contributed by atoms with Crippen LogP contribution < -0.4 is 10.1 Å². The molecule has 0 spiro atoms. The van der Waals surface area contributed by atoms with Gasteiger partial charge in [-0.15, -0.1) is 0 Å². The van der Waals surface area contributed by atoms with Crippen LogP contribution in [0.25, 0.3) is 11.4 Å². The lowest BCUT2D eigenvalue weighted by Crippen LogP contribution is -2.43. The number of amides is 1. The summed E-state index contributed by atoms with van der Waals surface area (Å²) in [6, 6.07) is 16.1. The van der Waals surface area contributed by atoms with Crippen LogP contribution in [0, 0.1) is 12.8 Å². The van der Waals surface area contributed by atoms with Crippen LogP contribution in [0.5, 0.6) is 5.75 Å². The number of hydrogen-bond donors (Lipinski definition) is 1. The average molecular weight is 449 g/mol. The van der Waals surface area contributed by atoms with E-state index in [4.69, 9.17) is 9.26 Å². The molecule has 3 aromatic rings. The first-order chi connectivity index (χ1) is 16.1. The molecule has 1 saturated heterocycles. The summed E-state index contributed by atoms with van der Waals surface area (Å²) < 4.78 is 10.8. The average Bonchev–Trinajstić information content (AvgIpc) is 3.30. The zero-order valence-corrected chi connectivity index (χ0v) is 19.4. The van der Waals surface area contributed by atoms with E-state index in [9.17, 15) is 4.79 Å². The predicted octanol–water partition coefficient (Wildman–Crippen LogP) is 4.01. The van der Waals surface area contributed by atoms with Gasteiger partial charge in [0.1, 0.15) is 5.75 Å². The second-order valence-corrected chi connectivity index (χ2v) is 8.70. The maximum atomic E-state index is 12.7. The van der Waals surface area contributed by atoms with Crippen molar-refractivity contribution in [2.75, 3.05) is 26.7 Å². The monoisotopic (exact) mass is 448 g/mol. The van der Waals surface area contributed by atoms with Crippen LogP contribution in [0.1, 0.15) is 36.3 Å². The molecule has 1 atom stereocenters. The van der Waals surface area contributed by atoms with Crippen LogP contribution in [0.15, 0.2) is 53.1 Å². The Labute approximate surface area is 195 Å². The molecule has 0 saturated carbocycles. The van der Waals surface area contributed by atoms with Gasteiger partial charge in [0, 0.05) is 18.7 Å². The third-order valence-corrected chi connectivity index (χ3v) is 6.06. The molecule has 2 heterocycles. The van der Waals surface area contributed by atoms with Crippen molar-refractivity contribution in [3.63, 3.8) is 0 Å². The number of nitrogens with zero attached hydrogens (tertiary/aromatic N) is 3. The molecule has 1 fully saturated rings. The first-order valence-electron chi connectivity index (χ1n) is 11.6. The van der Waals surface area contributed by atoms with E-state index in [2.05, 4.69) is 26.4 Å². The maximum Gasteiger partial charge on any atom is 0.241 e. The van der Waals surface area contributed by atoms with Crippen molar-refractivity contribution in [1.82, 2.24) is 20.4 Å². The van der Waals surface area contributed by atoms with Gasteiger partial charge in [-0.1, -0.05) is 41.1 Å². The molecular weight excluding hydrogens is 416 g/mol. The molecule has 1 amide bonds. The van der Waals surface area contributed by atoms with E-state index in [1.54, 1.807) is 7.11 Å². The highest BCUT2D eigenvalue weighted by Crippen LogP contribution is 2.21. The van der Waals surface area contributed by atoms with Crippen LogP contribution in [0.4, 0.5) is 0 Å². The Morgan fingerprint density at radius 2 is 2.12 bits per heavy atom. The zero-order valence-electron chi connectivity index (χ0n) is 19.4. The third-order valence-electron chi connectivity index (χ3n) is 6.06. The number of nitrogens with one attached hydrogen (secondary N) is 1. The lowest BCUT2D eigenvalue weighted by molar-refractivity contribution is -0.126. The second-order valence-electron chi connectivity index (χ2n) is 8.70. The largest absolute Gasteiger partial charge is 0.497 e. The van der Waals surface area contributed by atoms with Gasteiger partial charge in [-0.25, -0.2) is 0 Å². The SMILES string of the molecule is COc1cccc(CCCNC(=O)C2CCCN(Cc3nc(-c4cccc(C)c4)no3)C2)c1. The number of benzene rings is 2. The number of hydrogen-bond acceptors (Lipinski definition) is 6. The number of ether oxygens (including phenoxy) is 1. The third kappa shape index (κ3) is 6.42. The molecule has 7 heteroatoms. The molecule has 1 aliphatic heterocycles. The van der Waals surface area contributed by atoms with Crippen LogP contribution in [-0.2, 0) is 17.8 Å². The molecular formula is C26H32N4O3. The summed E-state index contributed by atoms with van der Waals surface area (Å²) in [6.07, 6.45) is 3.71. The zero-order chi connectivity index (χ0) is 23.0. The minimum atomic E-state index is -0.00488. The Kier molecular flexibility index (Phi) is 7.73. The van der Waals surface area contributed by atoms with E-state index < -0.39 is 0 Å². The fourth-order valence-corrected chi connectivity index (χ4v) is 4.30. The Balaban J connectivity index is 1.23. The molecule has 1 N–H and O–H groups in total. The second kappa shape index (κ2) is 11.1. The van der Waals surface area contributed by atoms with Crippen molar-refractivity contribution in [3.05, 3.63) is 65.5 Å². The van der Waals surface area contributed by atoms with Gasteiger partial charge in [-0.05, 0) is 62.9 Å². The van der Waals surface area contributed by atoms with Crippen molar-refractivity contribution >= 4 is 5.91 Å². The topological polar surface area (TPSA) is 80.5 Å². The fraction of sp³-hybridized carbons (Fsp3) is 0.423. The Bertz CT molecular complexity index is 1060. The van der Waals surface area contributed by atoms with Crippen molar-refractivity contribution in [3.8, 4) is 17.1 Å².